The number of nitro groups is 1. The fraction of sp³-hybridized carbons (Fsp3) is 0. The fourth-order valence-corrected chi connectivity index (χ4v) is 1.94. The van der Waals surface area contributed by atoms with Gasteiger partial charge in [-0.15, -0.1) is 0 Å². The average Bonchev–Trinajstić information content (AvgIpc) is 2.57. The first-order valence-electron chi connectivity index (χ1n) is 6.81. The van der Waals surface area contributed by atoms with Gasteiger partial charge in [-0.3, -0.25) is 19.7 Å². The highest BCUT2D eigenvalue weighted by Gasteiger charge is 2.17. The minimum atomic E-state index is -1.05. The molecule has 10 heteroatoms. The number of hydrogen-bond acceptors (Lipinski definition) is 6. The number of carbonyl (C=O) groups excluding carboxylic acids is 2. The molecule has 0 aliphatic heterocycles. The lowest BCUT2D eigenvalue weighted by Gasteiger charge is -2.04. The Morgan fingerprint density at radius 2 is 1.92 bits per heavy atom. The second-order valence-electron chi connectivity index (χ2n) is 4.71. The van der Waals surface area contributed by atoms with E-state index in [1.165, 1.54) is 18.3 Å². The number of rotatable bonds is 4. The number of halogens is 1. The van der Waals surface area contributed by atoms with Crippen molar-refractivity contribution in [2.45, 2.75) is 0 Å². The van der Waals surface area contributed by atoms with E-state index in [2.05, 4.69) is 10.4 Å². The maximum atomic E-state index is 11.8. The molecule has 2 aromatic carbocycles. The highest BCUT2D eigenvalue weighted by Crippen LogP contribution is 2.27. The van der Waals surface area contributed by atoms with Gasteiger partial charge in [0.25, 0.3) is 5.69 Å². The van der Waals surface area contributed by atoms with Crippen molar-refractivity contribution in [1.29, 1.82) is 0 Å². The van der Waals surface area contributed by atoms with E-state index in [9.17, 15) is 19.7 Å². The van der Waals surface area contributed by atoms with Gasteiger partial charge in [-0.1, -0.05) is 29.8 Å². The Kier molecular flexibility index (Phi) is 5.64. The number of para-hydroxylation sites is 1. The monoisotopic (exact) mass is 361 g/mol. The molecule has 0 atom stereocenters. The highest BCUT2D eigenvalue weighted by molar-refractivity contribution is 6.39. The van der Waals surface area contributed by atoms with Crippen LogP contribution < -0.4 is 16.5 Å². The lowest BCUT2D eigenvalue weighted by molar-refractivity contribution is -0.384. The number of nitrogens with zero attached hydrogens (tertiary/aromatic N) is 2. The van der Waals surface area contributed by atoms with Crippen molar-refractivity contribution < 1.29 is 14.5 Å². The Balaban J connectivity index is 1.99. The number of carbonyl (C=O) groups is 2. The number of hydrazone groups is 1. The SMILES string of the molecule is Nc1ccccc1/C=N/NC(=O)C(=O)Nc1ccc(Cl)c([N+](=O)[O-])c1. The van der Waals surface area contributed by atoms with Gasteiger partial charge in [-0.05, 0) is 18.2 Å². The van der Waals surface area contributed by atoms with Crippen LogP contribution in [0.1, 0.15) is 5.56 Å². The van der Waals surface area contributed by atoms with E-state index in [4.69, 9.17) is 17.3 Å². The topological polar surface area (TPSA) is 140 Å². The third-order valence-electron chi connectivity index (χ3n) is 2.97. The Hall–Kier alpha value is -3.46. The van der Waals surface area contributed by atoms with E-state index < -0.39 is 22.4 Å². The molecule has 0 spiro atoms. The normalized spacial score (nSPS) is 10.4. The zero-order valence-corrected chi connectivity index (χ0v) is 13.4. The molecule has 0 saturated heterocycles. The number of nitrogens with two attached hydrogens (primary N) is 1. The molecular weight excluding hydrogens is 350 g/mol. The summed E-state index contributed by atoms with van der Waals surface area (Å²) in [5, 5.41) is 16.6. The van der Waals surface area contributed by atoms with Gasteiger partial charge in [0.1, 0.15) is 5.02 Å². The Morgan fingerprint density at radius 3 is 2.60 bits per heavy atom. The molecule has 128 valence electrons. The quantitative estimate of drug-likeness (QED) is 0.251. The number of nitrogens with one attached hydrogen (secondary N) is 2. The van der Waals surface area contributed by atoms with Crippen molar-refractivity contribution in [1.82, 2.24) is 5.43 Å². The summed E-state index contributed by atoms with van der Waals surface area (Å²) >= 11 is 5.67. The van der Waals surface area contributed by atoms with Crippen LogP contribution in [0.3, 0.4) is 0 Å². The van der Waals surface area contributed by atoms with Crippen molar-refractivity contribution in [3.8, 4) is 0 Å². The van der Waals surface area contributed by atoms with Gasteiger partial charge in [-0.2, -0.15) is 5.10 Å². The Bertz CT molecular complexity index is 869. The largest absolute Gasteiger partial charge is 0.398 e. The van der Waals surface area contributed by atoms with Crippen LogP contribution >= 0.6 is 11.6 Å². The number of nitrogen functional groups attached to an aromatic ring is 1. The number of benzene rings is 2. The number of nitro benzene ring substituents is 1. The number of amides is 2. The minimum absolute atomic E-state index is 0.0486. The molecule has 9 nitrogen and oxygen atoms in total. The van der Waals surface area contributed by atoms with Gasteiger partial charge in [0.2, 0.25) is 0 Å². The zero-order valence-electron chi connectivity index (χ0n) is 12.6. The second-order valence-corrected chi connectivity index (χ2v) is 5.11. The predicted molar refractivity (Wildman–Crippen MR) is 93.3 cm³/mol. The van der Waals surface area contributed by atoms with Crippen LogP contribution in [0, 0.1) is 10.1 Å². The van der Waals surface area contributed by atoms with E-state index >= 15 is 0 Å². The molecule has 0 aliphatic rings. The van der Waals surface area contributed by atoms with Gasteiger partial charge >= 0.3 is 11.8 Å². The molecule has 25 heavy (non-hydrogen) atoms. The third kappa shape index (κ3) is 4.75. The molecule has 0 aromatic heterocycles. The first kappa shape index (κ1) is 17.9. The highest BCUT2D eigenvalue weighted by atomic mass is 35.5. The zero-order chi connectivity index (χ0) is 18.4. The van der Waals surface area contributed by atoms with Crippen molar-refractivity contribution in [2.24, 2.45) is 5.10 Å². The Morgan fingerprint density at radius 1 is 1.20 bits per heavy atom. The van der Waals surface area contributed by atoms with Gasteiger partial charge in [0, 0.05) is 23.0 Å². The molecule has 2 rings (SSSR count). The van der Waals surface area contributed by atoms with E-state index in [1.54, 1.807) is 24.3 Å². The van der Waals surface area contributed by atoms with Gasteiger partial charge in [-0.25, -0.2) is 5.43 Å². The lowest BCUT2D eigenvalue weighted by atomic mass is 10.2. The van der Waals surface area contributed by atoms with Gasteiger partial charge in [0.05, 0.1) is 11.1 Å². The fourth-order valence-electron chi connectivity index (χ4n) is 1.76. The maximum absolute atomic E-state index is 11.8. The molecule has 0 bridgehead atoms. The third-order valence-corrected chi connectivity index (χ3v) is 3.29. The smallest absolute Gasteiger partial charge is 0.329 e. The molecule has 2 aromatic rings. The van der Waals surface area contributed by atoms with Crippen LogP contribution in [-0.2, 0) is 9.59 Å². The summed E-state index contributed by atoms with van der Waals surface area (Å²) in [5.74, 6) is -2.10. The standard InChI is InChI=1S/C15H12ClN5O4/c16-11-6-5-10(7-13(11)21(24)25)19-14(22)15(23)20-18-8-9-3-1-2-4-12(9)17/h1-8H,17H2,(H,19,22)(H,20,23)/b18-8+. The lowest BCUT2D eigenvalue weighted by Crippen LogP contribution is -2.32. The summed E-state index contributed by atoms with van der Waals surface area (Å²) in [7, 11) is 0. The first-order chi connectivity index (χ1) is 11.9. The summed E-state index contributed by atoms with van der Waals surface area (Å²) in [6, 6.07) is 10.4. The summed E-state index contributed by atoms with van der Waals surface area (Å²) in [6.07, 6.45) is 1.29. The van der Waals surface area contributed by atoms with Crippen molar-refractivity contribution in [3.63, 3.8) is 0 Å². The number of anilines is 2. The first-order valence-corrected chi connectivity index (χ1v) is 7.19. The van der Waals surface area contributed by atoms with E-state index in [-0.39, 0.29) is 10.7 Å². The van der Waals surface area contributed by atoms with E-state index in [0.29, 0.717) is 11.3 Å². The summed E-state index contributed by atoms with van der Waals surface area (Å²) in [5.41, 5.74) is 8.41. The molecule has 2 amide bonds. The van der Waals surface area contributed by atoms with Crippen LogP contribution in [0.15, 0.2) is 47.6 Å². The number of hydrogen-bond donors (Lipinski definition) is 3. The van der Waals surface area contributed by atoms with Crippen LogP contribution in [0.2, 0.25) is 5.02 Å². The maximum Gasteiger partial charge on any atom is 0.329 e. The molecule has 0 saturated carbocycles. The van der Waals surface area contributed by atoms with Crippen LogP contribution in [-0.4, -0.2) is 23.0 Å². The average molecular weight is 362 g/mol. The molecule has 4 N–H and O–H groups in total. The minimum Gasteiger partial charge on any atom is -0.398 e. The summed E-state index contributed by atoms with van der Waals surface area (Å²) in [4.78, 5) is 33.5. The molecule has 0 heterocycles. The van der Waals surface area contributed by atoms with E-state index in [0.717, 1.165) is 6.07 Å². The predicted octanol–water partition coefficient (Wildman–Crippen LogP) is 1.92. The van der Waals surface area contributed by atoms with Crippen molar-refractivity contribution in [2.75, 3.05) is 11.1 Å². The van der Waals surface area contributed by atoms with Crippen LogP contribution in [0.25, 0.3) is 0 Å². The summed E-state index contributed by atoms with van der Waals surface area (Å²) in [6.45, 7) is 0. The summed E-state index contributed by atoms with van der Waals surface area (Å²) < 4.78 is 0. The van der Waals surface area contributed by atoms with Gasteiger partial charge < -0.3 is 11.1 Å². The van der Waals surface area contributed by atoms with E-state index in [1.807, 2.05) is 5.43 Å². The molecule has 0 unspecified atom stereocenters. The van der Waals surface area contributed by atoms with Crippen molar-refractivity contribution >= 4 is 46.7 Å². The molecular formula is C15H12ClN5O4. The Labute approximate surface area is 146 Å². The molecule has 0 radical (unpaired) electrons. The molecule has 0 fully saturated rings. The van der Waals surface area contributed by atoms with Crippen LogP contribution in [0.4, 0.5) is 17.1 Å². The van der Waals surface area contributed by atoms with Gasteiger partial charge in [0.15, 0.2) is 0 Å². The van der Waals surface area contributed by atoms with Crippen LogP contribution in [0.5, 0.6) is 0 Å². The second kappa shape index (κ2) is 7.88. The van der Waals surface area contributed by atoms with Crippen molar-refractivity contribution in [3.05, 3.63) is 63.2 Å². The molecule has 0 aliphatic carbocycles.